The van der Waals surface area contributed by atoms with Crippen molar-refractivity contribution in [3.63, 3.8) is 0 Å². The third kappa shape index (κ3) is 3.56. The molecule has 3 nitrogen and oxygen atoms in total. The van der Waals surface area contributed by atoms with Gasteiger partial charge < -0.3 is 9.47 Å². The highest BCUT2D eigenvalue weighted by Crippen LogP contribution is 2.27. The molecule has 0 fully saturated rings. The molecule has 0 spiro atoms. The number of carbonyl (C=O) groups excluding carboxylic acids is 1. The van der Waals surface area contributed by atoms with Crippen LogP contribution in [0.5, 0.6) is 11.5 Å². The molecule has 0 saturated carbocycles. The van der Waals surface area contributed by atoms with Crippen LogP contribution in [0.1, 0.15) is 28.4 Å². The Bertz CT molecular complexity index is 642. The van der Waals surface area contributed by atoms with Crippen LogP contribution < -0.4 is 9.47 Å². The van der Waals surface area contributed by atoms with Crippen LogP contribution >= 0.6 is 11.6 Å². The molecule has 21 heavy (non-hydrogen) atoms. The van der Waals surface area contributed by atoms with E-state index in [4.69, 9.17) is 21.1 Å². The minimum Gasteiger partial charge on any atom is -0.493 e. The fourth-order valence-corrected chi connectivity index (χ4v) is 2.15. The van der Waals surface area contributed by atoms with Gasteiger partial charge in [0.05, 0.1) is 6.61 Å². The van der Waals surface area contributed by atoms with Gasteiger partial charge in [0.2, 0.25) is 0 Å². The smallest absolute Gasteiger partial charge is 0.347 e. The molecule has 0 saturated heterocycles. The van der Waals surface area contributed by atoms with E-state index >= 15 is 0 Å². The lowest BCUT2D eigenvalue weighted by atomic mass is 10.1. The lowest BCUT2D eigenvalue weighted by Gasteiger charge is -2.11. The number of carbonyl (C=O) groups is 1. The van der Waals surface area contributed by atoms with Crippen LogP contribution in [-0.2, 0) is 0 Å². The van der Waals surface area contributed by atoms with Gasteiger partial charge in [0.1, 0.15) is 17.1 Å². The number of hydrogen-bond donors (Lipinski definition) is 0. The summed E-state index contributed by atoms with van der Waals surface area (Å²) in [5, 5.41) is 0.685. The summed E-state index contributed by atoms with van der Waals surface area (Å²) in [5.41, 5.74) is 2.15. The molecular weight excluding hydrogens is 288 g/mol. The molecule has 0 atom stereocenters. The molecule has 0 radical (unpaired) electrons. The molecule has 0 N–H and O–H groups in total. The van der Waals surface area contributed by atoms with E-state index in [1.807, 2.05) is 26.8 Å². The Kier molecular flexibility index (Phi) is 4.86. The van der Waals surface area contributed by atoms with Crippen molar-refractivity contribution in [2.45, 2.75) is 20.8 Å². The van der Waals surface area contributed by atoms with E-state index < -0.39 is 5.97 Å². The highest BCUT2D eigenvalue weighted by Gasteiger charge is 2.15. The molecule has 4 heteroatoms. The maximum atomic E-state index is 12.3. The van der Waals surface area contributed by atoms with E-state index in [1.165, 1.54) is 0 Å². The first-order valence-electron chi connectivity index (χ1n) is 6.73. The Labute approximate surface area is 129 Å². The Morgan fingerprint density at radius 2 is 1.76 bits per heavy atom. The van der Waals surface area contributed by atoms with E-state index in [-0.39, 0.29) is 0 Å². The van der Waals surface area contributed by atoms with Gasteiger partial charge in [-0.2, -0.15) is 0 Å². The molecule has 0 bridgehead atoms. The minimum absolute atomic E-state index is 0.407. The standard InChI is InChI=1S/C17H17ClO3/c1-4-20-15-8-6-5-7-14(15)17(19)21-13-9-11(2)16(18)12(3)10-13/h5-10H,4H2,1-3H3. The fraction of sp³-hybridized carbons (Fsp3) is 0.235. The number of halogens is 1. The quantitative estimate of drug-likeness (QED) is 0.613. The van der Waals surface area contributed by atoms with E-state index in [2.05, 4.69) is 0 Å². The number of ether oxygens (including phenoxy) is 2. The molecule has 0 unspecified atom stereocenters. The Hall–Kier alpha value is -2.00. The normalized spacial score (nSPS) is 10.3. The van der Waals surface area contributed by atoms with Crippen molar-refractivity contribution in [1.82, 2.24) is 0 Å². The van der Waals surface area contributed by atoms with Crippen molar-refractivity contribution >= 4 is 17.6 Å². The fourth-order valence-electron chi connectivity index (χ4n) is 2.04. The van der Waals surface area contributed by atoms with Gasteiger partial charge in [-0.3, -0.25) is 0 Å². The Balaban J connectivity index is 2.26. The number of rotatable bonds is 4. The summed E-state index contributed by atoms with van der Waals surface area (Å²) in [6.45, 7) is 6.11. The maximum absolute atomic E-state index is 12.3. The van der Waals surface area contributed by atoms with Gasteiger partial charge in [-0.1, -0.05) is 23.7 Å². The summed E-state index contributed by atoms with van der Waals surface area (Å²) >= 11 is 6.11. The molecule has 0 heterocycles. The highest BCUT2D eigenvalue weighted by molar-refractivity contribution is 6.32. The van der Waals surface area contributed by atoms with E-state index in [9.17, 15) is 4.79 Å². The number of para-hydroxylation sites is 1. The zero-order valence-electron chi connectivity index (χ0n) is 12.3. The van der Waals surface area contributed by atoms with Gasteiger partial charge in [0, 0.05) is 5.02 Å². The van der Waals surface area contributed by atoms with Gasteiger partial charge in [-0.25, -0.2) is 4.79 Å². The molecule has 2 rings (SSSR count). The first-order chi connectivity index (χ1) is 10.0. The zero-order valence-corrected chi connectivity index (χ0v) is 13.0. The van der Waals surface area contributed by atoms with Crippen LogP contribution in [0, 0.1) is 13.8 Å². The number of hydrogen-bond acceptors (Lipinski definition) is 3. The summed E-state index contributed by atoms with van der Waals surface area (Å²) in [6.07, 6.45) is 0. The summed E-state index contributed by atoms with van der Waals surface area (Å²) in [6, 6.07) is 10.5. The van der Waals surface area contributed by atoms with Crippen molar-refractivity contribution < 1.29 is 14.3 Å². The van der Waals surface area contributed by atoms with Crippen LogP contribution in [0.2, 0.25) is 5.02 Å². The Morgan fingerprint density at radius 3 is 2.38 bits per heavy atom. The van der Waals surface area contributed by atoms with Gasteiger partial charge >= 0.3 is 5.97 Å². The van der Waals surface area contributed by atoms with Gasteiger partial charge in [-0.15, -0.1) is 0 Å². The van der Waals surface area contributed by atoms with Crippen molar-refractivity contribution in [2.24, 2.45) is 0 Å². The molecular formula is C17H17ClO3. The Morgan fingerprint density at radius 1 is 1.14 bits per heavy atom. The van der Waals surface area contributed by atoms with Crippen molar-refractivity contribution in [2.75, 3.05) is 6.61 Å². The summed E-state index contributed by atoms with van der Waals surface area (Å²) < 4.78 is 10.9. The monoisotopic (exact) mass is 304 g/mol. The topological polar surface area (TPSA) is 35.5 Å². The highest BCUT2D eigenvalue weighted by atomic mass is 35.5. The first-order valence-corrected chi connectivity index (χ1v) is 7.11. The summed E-state index contributed by atoms with van der Waals surface area (Å²) in [5.74, 6) is 0.554. The second kappa shape index (κ2) is 6.64. The van der Waals surface area contributed by atoms with Crippen LogP contribution in [-0.4, -0.2) is 12.6 Å². The van der Waals surface area contributed by atoms with Crippen LogP contribution in [0.4, 0.5) is 0 Å². The average molecular weight is 305 g/mol. The molecule has 0 aliphatic carbocycles. The SMILES string of the molecule is CCOc1ccccc1C(=O)Oc1cc(C)c(Cl)c(C)c1. The van der Waals surface area contributed by atoms with Crippen LogP contribution in [0.25, 0.3) is 0 Å². The number of esters is 1. The predicted octanol–water partition coefficient (Wildman–Crippen LogP) is 4.57. The average Bonchev–Trinajstić information content (AvgIpc) is 2.45. The van der Waals surface area contributed by atoms with Crippen molar-refractivity contribution in [1.29, 1.82) is 0 Å². The lowest BCUT2D eigenvalue weighted by Crippen LogP contribution is -2.11. The van der Waals surface area contributed by atoms with Gasteiger partial charge in [0.15, 0.2) is 0 Å². The second-order valence-corrected chi connectivity index (χ2v) is 5.07. The molecule has 2 aromatic carbocycles. The lowest BCUT2D eigenvalue weighted by molar-refractivity contribution is 0.0730. The number of aryl methyl sites for hydroxylation is 2. The van der Waals surface area contributed by atoms with Crippen LogP contribution in [0.3, 0.4) is 0 Å². The van der Waals surface area contributed by atoms with E-state index in [0.29, 0.717) is 28.7 Å². The van der Waals surface area contributed by atoms with E-state index in [1.54, 1.807) is 30.3 Å². The summed E-state index contributed by atoms with van der Waals surface area (Å²) in [4.78, 5) is 12.3. The largest absolute Gasteiger partial charge is 0.493 e. The molecule has 2 aromatic rings. The maximum Gasteiger partial charge on any atom is 0.347 e. The predicted molar refractivity (Wildman–Crippen MR) is 83.5 cm³/mol. The van der Waals surface area contributed by atoms with Crippen molar-refractivity contribution in [3.8, 4) is 11.5 Å². The molecule has 0 aliphatic heterocycles. The first kappa shape index (κ1) is 15.4. The van der Waals surface area contributed by atoms with Gasteiger partial charge in [0.25, 0.3) is 0 Å². The minimum atomic E-state index is -0.444. The van der Waals surface area contributed by atoms with Crippen molar-refractivity contribution in [3.05, 3.63) is 58.1 Å². The summed E-state index contributed by atoms with van der Waals surface area (Å²) in [7, 11) is 0. The zero-order chi connectivity index (χ0) is 15.4. The third-order valence-corrected chi connectivity index (χ3v) is 3.62. The molecule has 110 valence electrons. The van der Waals surface area contributed by atoms with E-state index in [0.717, 1.165) is 11.1 Å². The number of benzene rings is 2. The molecule has 0 amide bonds. The van der Waals surface area contributed by atoms with Crippen LogP contribution in [0.15, 0.2) is 36.4 Å². The van der Waals surface area contributed by atoms with Gasteiger partial charge in [-0.05, 0) is 56.2 Å². The second-order valence-electron chi connectivity index (χ2n) is 4.69. The molecule has 0 aromatic heterocycles. The third-order valence-electron chi connectivity index (χ3n) is 3.03. The molecule has 0 aliphatic rings.